The third-order valence-corrected chi connectivity index (χ3v) is 4.16. The number of nitrogens with zero attached hydrogens (tertiary/aromatic N) is 3. The van der Waals surface area contributed by atoms with Crippen LogP contribution in [0.4, 0.5) is 5.69 Å². The molecule has 0 bridgehead atoms. The van der Waals surface area contributed by atoms with E-state index >= 15 is 0 Å². The number of carbonyl (C=O) groups excluding carboxylic acids is 1. The van der Waals surface area contributed by atoms with E-state index in [0.717, 1.165) is 11.1 Å². The molecule has 0 unspecified atom stereocenters. The minimum absolute atomic E-state index is 0.0399. The summed E-state index contributed by atoms with van der Waals surface area (Å²) >= 11 is 0. The second kappa shape index (κ2) is 6.65. The molecule has 1 N–H and O–H groups in total. The molecule has 0 atom stereocenters. The lowest BCUT2D eigenvalue weighted by Crippen LogP contribution is -2.35. The van der Waals surface area contributed by atoms with E-state index < -0.39 is 5.97 Å². The molecule has 130 valence electrons. The van der Waals surface area contributed by atoms with Gasteiger partial charge in [0.25, 0.3) is 0 Å². The molecule has 1 heterocycles. The molecule has 0 radical (unpaired) electrons. The van der Waals surface area contributed by atoms with Crippen LogP contribution in [0.1, 0.15) is 35.7 Å². The summed E-state index contributed by atoms with van der Waals surface area (Å²) in [6.07, 6.45) is 1.63. The molecule has 0 saturated heterocycles. The predicted octanol–water partition coefficient (Wildman–Crippen LogP) is 2.52. The van der Waals surface area contributed by atoms with Crippen LogP contribution < -0.4 is 4.90 Å². The van der Waals surface area contributed by atoms with Gasteiger partial charge in [0.15, 0.2) is 0 Å². The summed E-state index contributed by atoms with van der Waals surface area (Å²) in [6.45, 7) is 4.42. The van der Waals surface area contributed by atoms with Gasteiger partial charge in [0.05, 0.1) is 17.6 Å². The van der Waals surface area contributed by atoms with Gasteiger partial charge < -0.3 is 19.5 Å². The molecule has 1 amide bonds. The monoisotopic (exact) mass is 331 g/mol. The maximum Gasteiger partial charge on any atom is 0.337 e. The summed E-state index contributed by atoms with van der Waals surface area (Å²) in [5, 5.41) is 10.1. The van der Waals surface area contributed by atoms with E-state index in [-0.39, 0.29) is 17.4 Å². The van der Waals surface area contributed by atoms with E-state index in [4.69, 9.17) is 0 Å². The minimum atomic E-state index is -0.963. The fourth-order valence-corrected chi connectivity index (χ4v) is 2.89. The highest BCUT2D eigenvalue weighted by Gasteiger charge is 2.21. The second-order valence-corrected chi connectivity index (χ2v) is 6.74. The number of carboxylic acid groups (broad SMARTS) is 1. The summed E-state index contributed by atoms with van der Waals surface area (Å²) in [5.41, 5.74) is 2.90. The number of amides is 1. The molecule has 6 nitrogen and oxygen atoms in total. The largest absolute Gasteiger partial charge is 0.478 e. The Balaban J connectivity index is 2.66. The molecule has 0 fully saturated rings. The fraction of sp³-hybridized carbons (Fsp3) is 0.444. The average molecular weight is 331 g/mol. The van der Waals surface area contributed by atoms with Crippen molar-refractivity contribution in [1.29, 1.82) is 0 Å². The third-order valence-electron chi connectivity index (χ3n) is 4.16. The standard InChI is InChI=1S/C18H25N3O3/c1-11(2)13-7-12(21(6)16(22)10-19(3)4)8-14-15(18(23)24)9-20(5)17(13)14/h7-9,11H,10H2,1-6H3,(H,23,24). The molecule has 0 aliphatic carbocycles. The van der Waals surface area contributed by atoms with Crippen LogP contribution in [-0.2, 0) is 11.8 Å². The number of aromatic nitrogens is 1. The van der Waals surface area contributed by atoms with E-state index in [0.29, 0.717) is 17.6 Å². The molecule has 1 aromatic heterocycles. The van der Waals surface area contributed by atoms with Crippen molar-refractivity contribution in [3.8, 4) is 0 Å². The Morgan fingerprint density at radius 3 is 2.33 bits per heavy atom. The summed E-state index contributed by atoms with van der Waals surface area (Å²) in [5.74, 6) is -0.795. The van der Waals surface area contributed by atoms with Crippen molar-refractivity contribution in [2.45, 2.75) is 19.8 Å². The third kappa shape index (κ3) is 3.28. The second-order valence-electron chi connectivity index (χ2n) is 6.74. The van der Waals surface area contributed by atoms with E-state index in [9.17, 15) is 14.7 Å². The number of carboxylic acids is 1. The summed E-state index contributed by atoms with van der Waals surface area (Å²) < 4.78 is 1.85. The van der Waals surface area contributed by atoms with Crippen LogP contribution in [-0.4, -0.2) is 54.1 Å². The number of aryl methyl sites for hydroxylation is 1. The molecule has 2 rings (SSSR count). The van der Waals surface area contributed by atoms with Crippen LogP contribution in [0.2, 0.25) is 0 Å². The zero-order chi connectivity index (χ0) is 18.2. The molecule has 0 aliphatic rings. The van der Waals surface area contributed by atoms with Gasteiger partial charge >= 0.3 is 5.97 Å². The van der Waals surface area contributed by atoms with Crippen LogP contribution in [0, 0.1) is 0 Å². The number of fused-ring (bicyclic) bond motifs is 1. The smallest absolute Gasteiger partial charge is 0.337 e. The number of hydrogen-bond acceptors (Lipinski definition) is 3. The number of hydrogen-bond donors (Lipinski definition) is 1. The SMILES string of the molecule is CC(C)c1cc(N(C)C(=O)CN(C)C)cc2c(C(=O)O)cn(C)c12. The van der Waals surface area contributed by atoms with Gasteiger partial charge in [-0.3, -0.25) is 4.79 Å². The van der Waals surface area contributed by atoms with Crippen LogP contribution in [0.3, 0.4) is 0 Å². The van der Waals surface area contributed by atoms with E-state index in [1.807, 2.05) is 36.7 Å². The van der Waals surface area contributed by atoms with Crippen LogP contribution in [0.5, 0.6) is 0 Å². The number of anilines is 1. The Labute approximate surface area is 142 Å². The van der Waals surface area contributed by atoms with Gasteiger partial charge in [-0.25, -0.2) is 4.79 Å². The Bertz CT molecular complexity index is 790. The van der Waals surface area contributed by atoms with Crippen molar-refractivity contribution >= 4 is 28.5 Å². The first-order chi connectivity index (χ1) is 11.1. The first-order valence-electron chi connectivity index (χ1n) is 7.91. The van der Waals surface area contributed by atoms with Gasteiger partial charge in [0.2, 0.25) is 5.91 Å². The van der Waals surface area contributed by atoms with E-state index in [2.05, 4.69) is 13.8 Å². The highest BCUT2D eigenvalue weighted by Crippen LogP contribution is 2.33. The number of rotatable bonds is 5. The normalized spacial score (nSPS) is 11.5. The lowest BCUT2D eigenvalue weighted by atomic mass is 9.98. The molecular formula is C18H25N3O3. The molecule has 1 aromatic carbocycles. The van der Waals surface area contributed by atoms with Crippen molar-refractivity contribution in [2.24, 2.45) is 7.05 Å². The summed E-state index contributed by atoms with van der Waals surface area (Å²) in [7, 11) is 7.25. The Morgan fingerprint density at radius 1 is 1.21 bits per heavy atom. The van der Waals surface area contributed by atoms with Gasteiger partial charge in [0, 0.05) is 31.4 Å². The summed E-state index contributed by atoms with van der Waals surface area (Å²) in [4.78, 5) is 27.3. The van der Waals surface area contributed by atoms with Crippen molar-refractivity contribution < 1.29 is 14.7 Å². The maximum atomic E-state index is 12.4. The van der Waals surface area contributed by atoms with E-state index in [1.54, 1.807) is 24.2 Å². The molecule has 0 spiro atoms. The Morgan fingerprint density at radius 2 is 1.83 bits per heavy atom. The number of aromatic carboxylic acids is 1. The number of carbonyl (C=O) groups is 2. The van der Waals surface area contributed by atoms with Crippen molar-refractivity contribution in [1.82, 2.24) is 9.47 Å². The minimum Gasteiger partial charge on any atom is -0.478 e. The first-order valence-corrected chi connectivity index (χ1v) is 7.91. The van der Waals surface area contributed by atoms with Gasteiger partial charge in [-0.1, -0.05) is 13.8 Å². The quantitative estimate of drug-likeness (QED) is 0.914. The number of likely N-dealkylation sites (N-methyl/N-ethyl adjacent to an activating group) is 2. The number of benzene rings is 1. The summed E-state index contributed by atoms with van der Waals surface area (Å²) in [6, 6.07) is 3.77. The maximum absolute atomic E-state index is 12.4. The Hall–Kier alpha value is -2.34. The van der Waals surface area contributed by atoms with Crippen LogP contribution >= 0.6 is 0 Å². The zero-order valence-electron chi connectivity index (χ0n) is 15.1. The average Bonchev–Trinajstić information content (AvgIpc) is 2.82. The van der Waals surface area contributed by atoms with Crippen LogP contribution in [0.25, 0.3) is 10.9 Å². The molecule has 24 heavy (non-hydrogen) atoms. The van der Waals surface area contributed by atoms with E-state index in [1.165, 1.54) is 0 Å². The molecular weight excluding hydrogens is 306 g/mol. The topological polar surface area (TPSA) is 65.8 Å². The molecule has 6 heteroatoms. The lowest BCUT2D eigenvalue weighted by molar-refractivity contribution is -0.118. The molecule has 2 aromatic rings. The van der Waals surface area contributed by atoms with Gasteiger partial charge in [0.1, 0.15) is 0 Å². The highest BCUT2D eigenvalue weighted by atomic mass is 16.4. The Kier molecular flexibility index (Phi) is 4.99. The zero-order valence-corrected chi connectivity index (χ0v) is 15.1. The molecule has 0 aliphatic heterocycles. The van der Waals surface area contributed by atoms with Crippen molar-refractivity contribution in [3.05, 3.63) is 29.5 Å². The first kappa shape index (κ1) is 18.0. The highest BCUT2D eigenvalue weighted by molar-refractivity contribution is 6.07. The predicted molar refractivity (Wildman–Crippen MR) is 95.9 cm³/mol. The van der Waals surface area contributed by atoms with Gasteiger partial charge in [-0.15, -0.1) is 0 Å². The fourth-order valence-electron chi connectivity index (χ4n) is 2.89. The van der Waals surface area contributed by atoms with Gasteiger partial charge in [-0.05, 0) is 37.7 Å². The van der Waals surface area contributed by atoms with Crippen LogP contribution in [0.15, 0.2) is 18.3 Å². The van der Waals surface area contributed by atoms with Crippen molar-refractivity contribution in [3.63, 3.8) is 0 Å². The molecule has 0 saturated carbocycles. The van der Waals surface area contributed by atoms with Crippen molar-refractivity contribution in [2.75, 3.05) is 32.6 Å². The lowest BCUT2D eigenvalue weighted by Gasteiger charge is -2.22. The van der Waals surface area contributed by atoms with Gasteiger partial charge in [-0.2, -0.15) is 0 Å².